The molecule has 0 saturated carbocycles. The lowest BCUT2D eigenvalue weighted by molar-refractivity contribution is -0.118. The number of ether oxygens (including phenoxy) is 1. The topological polar surface area (TPSA) is 91.2 Å². The predicted molar refractivity (Wildman–Crippen MR) is 130 cm³/mol. The summed E-state index contributed by atoms with van der Waals surface area (Å²) in [4.78, 5) is 24.9. The number of aryl methyl sites for hydroxylation is 1. The Balaban J connectivity index is 1.75. The zero-order chi connectivity index (χ0) is 23.8. The molecular weight excluding hydrogens is 461 g/mol. The molecule has 0 aromatic heterocycles. The zero-order valence-electron chi connectivity index (χ0n) is 17.6. The van der Waals surface area contributed by atoms with Crippen LogP contribution in [0.1, 0.15) is 11.1 Å². The molecule has 0 saturated heterocycles. The third kappa shape index (κ3) is 6.84. The standard InChI is InChI=1S/C25H19Cl2N3O3/c1-16-4-2-3-5-22(16)30-24(31)15-33-23-11-8-20(27)13-17(23)12-18(14-28)25(32)29-21-9-6-19(26)7-10-21/h2-13H,15H2,1H3,(H,29,32)(H,30,31)/b18-12-. The van der Waals surface area contributed by atoms with Crippen molar-refractivity contribution in [1.29, 1.82) is 5.26 Å². The van der Waals surface area contributed by atoms with E-state index >= 15 is 0 Å². The van der Waals surface area contributed by atoms with Crippen molar-refractivity contribution in [3.05, 3.63) is 93.5 Å². The van der Waals surface area contributed by atoms with Crippen molar-refractivity contribution >= 4 is 52.5 Å². The average molecular weight is 480 g/mol. The summed E-state index contributed by atoms with van der Waals surface area (Å²) in [6.45, 7) is 1.62. The van der Waals surface area contributed by atoms with Crippen molar-refractivity contribution in [2.45, 2.75) is 6.92 Å². The van der Waals surface area contributed by atoms with Gasteiger partial charge in [-0.05, 0) is 67.1 Å². The van der Waals surface area contributed by atoms with Gasteiger partial charge in [0, 0.05) is 27.0 Å². The quantitative estimate of drug-likeness (QED) is 0.327. The molecular formula is C25H19Cl2N3O3. The number of carbonyl (C=O) groups is 2. The molecule has 33 heavy (non-hydrogen) atoms. The smallest absolute Gasteiger partial charge is 0.266 e. The third-order valence-corrected chi connectivity index (χ3v) is 5.00. The highest BCUT2D eigenvalue weighted by Crippen LogP contribution is 2.26. The minimum absolute atomic E-state index is 0.165. The van der Waals surface area contributed by atoms with Crippen LogP contribution in [-0.2, 0) is 9.59 Å². The molecule has 0 aliphatic carbocycles. The summed E-state index contributed by atoms with van der Waals surface area (Å²) >= 11 is 11.9. The molecule has 166 valence electrons. The summed E-state index contributed by atoms with van der Waals surface area (Å²) < 4.78 is 5.65. The summed E-state index contributed by atoms with van der Waals surface area (Å²) in [6.07, 6.45) is 1.35. The highest BCUT2D eigenvalue weighted by Gasteiger charge is 2.13. The van der Waals surface area contributed by atoms with Gasteiger partial charge in [-0.25, -0.2) is 0 Å². The molecule has 3 rings (SSSR count). The van der Waals surface area contributed by atoms with Crippen LogP contribution in [0.15, 0.2) is 72.3 Å². The number of carbonyl (C=O) groups excluding carboxylic acids is 2. The van der Waals surface area contributed by atoms with Gasteiger partial charge in [-0.1, -0.05) is 41.4 Å². The maximum absolute atomic E-state index is 12.6. The highest BCUT2D eigenvalue weighted by molar-refractivity contribution is 6.31. The van der Waals surface area contributed by atoms with E-state index in [2.05, 4.69) is 10.6 Å². The maximum atomic E-state index is 12.6. The van der Waals surface area contributed by atoms with Crippen LogP contribution >= 0.6 is 23.2 Å². The second-order valence-electron chi connectivity index (χ2n) is 6.96. The monoisotopic (exact) mass is 479 g/mol. The predicted octanol–water partition coefficient (Wildman–Crippen LogP) is 5.87. The second-order valence-corrected chi connectivity index (χ2v) is 7.84. The first-order chi connectivity index (χ1) is 15.9. The Labute approximate surface area is 201 Å². The van der Waals surface area contributed by atoms with Gasteiger partial charge in [0.25, 0.3) is 11.8 Å². The molecule has 0 aliphatic heterocycles. The van der Waals surface area contributed by atoms with Crippen molar-refractivity contribution < 1.29 is 14.3 Å². The van der Waals surface area contributed by atoms with Gasteiger partial charge in [0.2, 0.25) is 0 Å². The molecule has 3 aromatic rings. The summed E-state index contributed by atoms with van der Waals surface area (Å²) in [5.41, 5.74) is 2.32. The lowest BCUT2D eigenvalue weighted by atomic mass is 10.1. The van der Waals surface area contributed by atoms with E-state index in [9.17, 15) is 14.9 Å². The van der Waals surface area contributed by atoms with E-state index in [0.717, 1.165) is 5.56 Å². The van der Waals surface area contributed by atoms with E-state index in [0.29, 0.717) is 32.7 Å². The summed E-state index contributed by atoms with van der Waals surface area (Å²) in [5, 5.41) is 15.8. The Morgan fingerprint density at radius 3 is 2.39 bits per heavy atom. The van der Waals surface area contributed by atoms with Crippen molar-refractivity contribution in [3.8, 4) is 11.8 Å². The molecule has 2 amide bonds. The largest absolute Gasteiger partial charge is 0.483 e. The Bertz CT molecular complexity index is 1250. The number of hydrogen-bond donors (Lipinski definition) is 2. The Morgan fingerprint density at radius 2 is 1.70 bits per heavy atom. The maximum Gasteiger partial charge on any atom is 0.266 e. The zero-order valence-corrected chi connectivity index (χ0v) is 19.1. The fourth-order valence-corrected chi connectivity index (χ4v) is 3.15. The van der Waals surface area contributed by atoms with Gasteiger partial charge in [0.15, 0.2) is 6.61 Å². The van der Waals surface area contributed by atoms with Crippen LogP contribution in [0.25, 0.3) is 6.08 Å². The molecule has 0 aliphatic rings. The molecule has 0 radical (unpaired) electrons. The van der Waals surface area contributed by atoms with E-state index in [1.807, 2.05) is 31.2 Å². The van der Waals surface area contributed by atoms with Gasteiger partial charge >= 0.3 is 0 Å². The number of amides is 2. The fraction of sp³-hybridized carbons (Fsp3) is 0.0800. The number of rotatable bonds is 7. The van der Waals surface area contributed by atoms with Crippen molar-refractivity contribution in [1.82, 2.24) is 0 Å². The first-order valence-electron chi connectivity index (χ1n) is 9.82. The van der Waals surface area contributed by atoms with E-state index in [-0.39, 0.29) is 18.1 Å². The van der Waals surface area contributed by atoms with E-state index in [4.69, 9.17) is 27.9 Å². The van der Waals surface area contributed by atoms with Crippen LogP contribution in [0, 0.1) is 18.3 Å². The van der Waals surface area contributed by atoms with Crippen LogP contribution in [-0.4, -0.2) is 18.4 Å². The fourth-order valence-electron chi connectivity index (χ4n) is 2.84. The molecule has 0 heterocycles. The first kappa shape index (κ1) is 23.9. The van der Waals surface area contributed by atoms with Gasteiger partial charge in [-0.3, -0.25) is 9.59 Å². The average Bonchev–Trinajstić information content (AvgIpc) is 2.79. The minimum atomic E-state index is -0.608. The Hall–Kier alpha value is -3.79. The molecule has 3 aromatic carbocycles. The number of nitrogens with one attached hydrogen (secondary N) is 2. The molecule has 0 spiro atoms. The molecule has 0 bridgehead atoms. The molecule has 0 atom stereocenters. The lowest BCUT2D eigenvalue weighted by Gasteiger charge is -2.12. The van der Waals surface area contributed by atoms with Gasteiger partial charge in [0.1, 0.15) is 17.4 Å². The second kappa shape index (κ2) is 11.2. The normalized spacial score (nSPS) is 10.8. The molecule has 6 nitrogen and oxygen atoms in total. The molecule has 2 N–H and O–H groups in total. The number of nitriles is 1. The van der Waals surface area contributed by atoms with Crippen LogP contribution in [0.4, 0.5) is 11.4 Å². The number of para-hydroxylation sites is 1. The van der Waals surface area contributed by atoms with Crippen LogP contribution < -0.4 is 15.4 Å². The SMILES string of the molecule is Cc1ccccc1NC(=O)COc1ccc(Cl)cc1/C=C(/C#N)C(=O)Nc1ccc(Cl)cc1. The first-order valence-corrected chi connectivity index (χ1v) is 10.6. The molecule has 0 fully saturated rings. The van der Waals surface area contributed by atoms with Crippen molar-refractivity contribution in [3.63, 3.8) is 0 Å². The third-order valence-electron chi connectivity index (χ3n) is 4.52. The lowest BCUT2D eigenvalue weighted by Crippen LogP contribution is -2.21. The number of hydrogen-bond acceptors (Lipinski definition) is 4. The van der Waals surface area contributed by atoms with Crippen molar-refractivity contribution in [2.24, 2.45) is 0 Å². The van der Waals surface area contributed by atoms with E-state index < -0.39 is 5.91 Å². The molecule has 8 heteroatoms. The van der Waals surface area contributed by atoms with E-state index in [1.165, 1.54) is 6.08 Å². The Morgan fingerprint density at radius 1 is 1.00 bits per heavy atom. The summed E-state index contributed by atoms with van der Waals surface area (Å²) in [5.74, 6) is -0.662. The van der Waals surface area contributed by atoms with Crippen LogP contribution in [0.3, 0.4) is 0 Å². The number of nitrogens with zero attached hydrogens (tertiary/aromatic N) is 1. The van der Waals surface area contributed by atoms with Crippen LogP contribution in [0.2, 0.25) is 10.0 Å². The number of halogens is 2. The Kier molecular flexibility index (Phi) is 8.09. The number of benzene rings is 3. The minimum Gasteiger partial charge on any atom is -0.483 e. The van der Waals surface area contributed by atoms with Crippen molar-refractivity contribution in [2.75, 3.05) is 17.2 Å². The van der Waals surface area contributed by atoms with Gasteiger partial charge in [0.05, 0.1) is 0 Å². The van der Waals surface area contributed by atoms with Gasteiger partial charge in [-0.15, -0.1) is 0 Å². The van der Waals surface area contributed by atoms with E-state index in [1.54, 1.807) is 48.5 Å². The van der Waals surface area contributed by atoms with Crippen LogP contribution in [0.5, 0.6) is 5.75 Å². The molecule has 0 unspecified atom stereocenters. The summed E-state index contributed by atoms with van der Waals surface area (Å²) in [7, 11) is 0. The van der Waals surface area contributed by atoms with Gasteiger partial charge < -0.3 is 15.4 Å². The van der Waals surface area contributed by atoms with Gasteiger partial charge in [-0.2, -0.15) is 5.26 Å². The summed E-state index contributed by atoms with van der Waals surface area (Å²) in [6, 6.07) is 20.5. The number of anilines is 2. The highest BCUT2D eigenvalue weighted by atomic mass is 35.5.